The summed E-state index contributed by atoms with van der Waals surface area (Å²) >= 11 is 0. The number of amides is 2. The van der Waals surface area contributed by atoms with Gasteiger partial charge in [-0.25, -0.2) is 9.59 Å². The number of ether oxygens (including phenoxy) is 3. The largest absolute Gasteiger partial charge is 0.446 e. The van der Waals surface area contributed by atoms with Crippen molar-refractivity contribution >= 4 is 12.2 Å². The lowest BCUT2D eigenvalue weighted by Gasteiger charge is -2.63. The number of aliphatic hydroxyl groups is 1. The summed E-state index contributed by atoms with van der Waals surface area (Å²) in [5.41, 5.74) is 5.58. The van der Waals surface area contributed by atoms with E-state index in [0.29, 0.717) is 17.8 Å². The fourth-order valence-electron chi connectivity index (χ4n) is 12.7. The van der Waals surface area contributed by atoms with E-state index in [4.69, 9.17) is 19.9 Å². The van der Waals surface area contributed by atoms with E-state index in [9.17, 15) is 14.7 Å². The smallest absolute Gasteiger partial charge is 0.409 e. The summed E-state index contributed by atoms with van der Waals surface area (Å²) in [6.45, 7) is 15.9. The van der Waals surface area contributed by atoms with Crippen LogP contribution in [0.5, 0.6) is 0 Å². The average Bonchev–Trinajstić information content (AvgIpc) is 3.53. The quantitative estimate of drug-likeness (QED) is 0.418. The number of nitrogens with two attached hydrogens (primary N) is 1. The van der Waals surface area contributed by atoms with E-state index in [1.165, 1.54) is 17.7 Å². The van der Waals surface area contributed by atoms with E-state index < -0.39 is 12.2 Å². The molecule has 13 atom stereocenters. The highest BCUT2D eigenvalue weighted by molar-refractivity contribution is 5.67. The monoisotopic (exact) mass is 588 g/mol. The van der Waals surface area contributed by atoms with Crippen molar-refractivity contribution in [3.8, 4) is 0 Å². The second-order valence-corrected chi connectivity index (χ2v) is 17.0. The Labute approximate surface area is 252 Å². The molecule has 2 spiro atoms. The Morgan fingerprint density at radius 3 is 2.26 bits per heavy atom. The molecule has 0 aromatic heterocycles. The Morgan fingerprint density at radius 1 is 1.00 bits per heavy atom. The van der Waals surface area contributed by atoms with Gasteiger partial charge in [-0.1, -0.05) is 48.5 Å². The molecule has 1 heterocycles. The second-order valence-electron chi connectivity index (χ2n) is 17.0. The molecule has 1 saturated heterocycles. The van der Waals surface area contributed by atoms with Crippen LogP contribution >= 0.6 is 0 Å². The van der Waals surface area contributed by atoms with Gasteiger partial charge in [-0.2, -0.15) is 0 Å². The van der Waals surface area contributed by atoms with Crippen molar-refractivity contribution in [3.63, 3.8) is 0 Å². The first-order valence-corrected chi connectivity index (χ1v) is 16.7. The van der Waals surface area contributed by atoms with E-state index in [2.05, 4.69) is 48.5 Å². The Morgan fingerprint density at radius 2 is 1.64 bits per heavy atom. The molecule has 0 bridgehead atoms. The van der Waals surface area contributed by atoms with Crippen LogP contribution in [0.1, 0.15) is 99.8 Å². The van der Waals surface area contributed by atoms with E-state index in [0.717, 1.165) is 38.5 Å². The minimum absolute atomic E-state index is 0.0244. The van der Waals surface area contributed by atoms with Gasteiger partial charge in [-0.3, -0.25) is 0 Å². The highest BCUT2D eigenvalue weighted by Crippen LogP contribution is 2.89. The maximum atomic E-state index is 12.6. The second kappa shape index (κ2) is 9.48. The van der Waals surface area contributed by atoms with Gasteiger partial charge in [-0.15, -0.1) is 0 Å². The van der Waals surface area contributed by atoms with Crippen molar-refractivity contribution in [2.75, 3.05) is 14.1 Å². The first-order valence-electron chi connectivity index (χ1n) is 16.7. The van der Waals surface area contributed by atoms with Crippen LogP contribution in [0.2, 0.25) is 0 Å². The van der Waals surface area contributed by atoms with Gasteiger partial charge < -0.3 is 30.0 Å². The molecule has 2 amide bonds. The van der Waals surface area contributed by atoms with Gasteiger partial charge in [0.15, 0.2) is 0 Å². The van der Waals surface area contributed by atoms with Gasteiger partial charge in [0.1, 0.15) is 12.2 Å². The molecular formula is C34H56N2O6. The minimum Gasteiger partial charge on any atom is -0.446 e. The van der Waals surface area contributed by atoms with Gasteiger partial charge in [0.05, 0.1) is 18.3 Å². The normalized spacial score (nSPS) is 50.7. The minimum atomic E-state index is -0.663. The Kier molecular flexibility index (Phi) is 6.88. The Bertz CT molecular complexity index is 1130. The molecule has 0 radical (unpaired) electrons. The third-order valence-electron chi connectivity index (χ3n) is 14.6. The molecule has 8 unspecified atom stereocenters. The molecule has 8 nitrogen and oxygen atoms in total. The fraction of sp³-hybridized carbons (Fsp3) is 0.941. The first kappa shape index (κ1) is 30.5. The zero-order chi connectivity index (χ0) is 30.8. The van der Waals surface area contributed by atoms with Crippen molar-refractivity contribution in [3.05, 3.63) is 0 Å². The summed E-state index contributed by atoms with van der Waals surface area (Å²) in [7, 11) is 3.42. The van der Waals surface area contributed by atoms with Crippen LogP contribution in [0, 0.1) is 56.7 Å². The molecule has 6 aliphatic rings. The van der Waals surface area contributed by atoms with Crippen molar-refractivity contribution < 1.29 is 28.9 Å². The molecule has 8 heteroatoms. The number of carbonyl (C=O) groups excluding carboxylic acids is 2. The summed E-state index contributed by atoms with van der Waals surface area (Å²) in [5, 5.41) is 12.5. The van der Waals surface area contributed by atoms with Gasteiger partial charge >= 0.3 is 12.2 Å². The SMILES string of the molecule is CC(C)C(OC(=O)N(C)C)C1C[C@@H](C)[C@H]2C(O1)[C@H](O)[C@@]1(C)C3CC[C@H]4C(C)(C)C(OC(N)=O)CCC45CC35CCC21C. The summed E-state index contributed by atoms with van der Waals surface area (Å²) in [4.78, 5) is 25.8. The van der Waals surface area contributed by atoms with Crippen LogP contribution in [0.15, 0.2) is 0 Å². The number of primary amides is 1. The third kappa shape index (κ3) is 3.72. The number of aliphatic hydroxyl groups excluding tert-OH is 1. The summed E-state index contributed by atoms with van der Waals surface area (Å²) < 4.78 is 18.6. The number of rotatable bonds is 4. The molecule has 1 aliphatic heterocycles. The predicted molar refractivity (Wildman–Crippen MR) is 159 cm³/mol. The lowest BCUT2D eigenvalue weighted by atomic mass is 9.41. The van der Waals surface area contributed by atoms with E-state index in [1.54, 1.807) is 14.1 Å². The number of fused-ring (bicyclic) bond motifs is 4. The van der Waals surface area contributed by atoms with Crippen molar-refractivity contribution in [2.24, 2.45) is 62.4 Å². The van der Waals surface area contributed by atoms with Crippen molar-refractivity contribution in [2.45, 2.75) is 130 Å². The molecular weight excluding hydrogens is 532 g/mol. The average molecular weight is 589 g/mol. The van der Waals surface area contributed by atoms with Crippen LogP contribution in [0.4, 0.5) is 9.59 Å². The molecule has 3 N–H and O–H groups in total. The summed E-state index contributed by atoms with van der Waals surface area (Å²) in [6, 6.07) is 0. The molecule has 5 saturated carbocycles. The maximum absolute atomic E-state index is 12.6. The molecule has 0 aromatic carbocycles. The topological polar surface area (TPSA) is 111 Å². The number of hydrogen-bond acceptors (Lipinski definition) is 6. The molecule has 0 aromatic rings. The standard InChI is InChI=1S/C34H56N2O6/c1-18(2)25(42-29(39)36(8)9)20-16-19(3)24-26(40-20)27(37)32(7)22-11-10-21-30(4,5)23(41-28(35)38)12-13-33(21)17-34(22,33)15-14-31(24,32)6/h18-27,37H,10-17H2,1-9H3,(H2,35,38)/t19-,20?,21+,22?,23?,24+,25?,26?,27+,31?,32-,33?,34?/m1/s1. The predicted octanol–water partition coefficient (Wildman–Crippen LogP) is 5.99. The molecule has 42 heavy (non-hydrogen) atoms. The van der Waals surface area contributed by atoms with Gasteiger partial charge in [0.2, 0.25) is 0 Å². The first-order chi connectivity index (χ1) is 19.5. The lowest BCUT2D eigenvalue weighted by molar-refractivity contribution is -0.184. The van der Waals surface area contributed by atoms with E-state index in [1.807, 2.05) is 0 Å². The Hall–Kier alpha value is -1.54. The van der Waals surface area contributed by atoms with Crippen LogP contribution in [0.25, 0.3) is 0 Å². The van der Waals surface area contributed by atoms with E-state index >= 15 is 0 Å². The lowest BCUT2D eigenvalue weighted by Crippen LogP contribution is -2.60. The van der Waals surface area contributed by atoms with Crippen LogP contribution in [0.3, 0.4) is 0 Å². The van der Waals surface area contributed by atoms with Gasteiger partial charge in [-0.05, 0) is 97.2 Å². The number of nitrogens with zero attached hydrogens (tertiary/aromatic N) is 1. The van der Waals surface area contributed by atoms with Crippen LogP contribution in [-0.4, -0.2) is 66.8 Å². The molecule has 5 aliphatic carbocycles. The van der Waals surface area contributed by atoms with Gasteiger partial charge in [0, 0.05) is 24.9 Å². The number of hydrogen-bond donors (Lipinski definition) is 2. The zero-order valence-corrected chi connectivity index (χ0v) is 27.4. The molecule has 6 rings (SSSR count). The molecule has 238 valence electrons. The van der Waals surface area contributed by atoms with E-state index in [-0.39, 0.29) is 69.4 Å². The highest BCUT2D eigenvalue weighted by Gasteiger charge is 2.84. The highest BCUT2D eigenvalue weighted by atomic mass is 16.6. The van der Waals surface area contributed by atoms with Crippen molar-refractivity contribution in [1.29, 1.82) is 0 Å². The third-order valence-corrected chi connectivity index (χ3v) is 14.6. The van der Waals surface area contributed by atoms with Gasteiger partial charge in [0.25, 0.3) is 0 Å². The maximum Gasteiger partial charge on any atom is 0.409 e. The fourth-order valence-corrected chi connectivity index (χ4v) is 12.7. The summed E-state index contributed by atoms with van der Waals surface area (Å²) in [5.74, 6) is 1.66. The zero-order valence-electron chi connectivity index (χ0n) is 27.4. The van der Waals surface area contributed by atoms with Crippen LogP contribution < -0.4 is 5.73 Å². The Balaban J connectivity index is 1.30. The van der Waals surface area contributed by atoms with Crippen LogP contribution in [-0.2, 0) is 14.2 Å². The molecule has 6 fully saturated rings. The number of carbonyl (C=O) groups is 2. The summed E-state index contributed by atoms with van der Waals surface area (Å²) in [6.07, 6.45) is 5.97. The van der Waals surface area contributed by atoms with Crippen molar-refractivity contribution in [1.82, 2.24) is 4.90 Å².